The lowest BCUT2D eigenvalue weighted by Crippen LogP contribution is -2.46. The van der Waals surface area contributed by atoms with Crippen molar-refractivity contribution in [3.05, 3.63) is 40.6 Å². The maximum Gasteiger partial charge on any atom is 0.278 e. The van der Waals surface area contributed by atoms with E-state index in [9.17, 15) is 4.79 Å². The average Bonchev–Trinajstić information content (AvgIpc) is 2.68. The zero-order valence-electron chi connectivity index (χ0n) is 14.7. The fourth-order valence-electron chi connectivity index (χ4n) is 2.78. The van der Waals surface area contributed by atoms with Crippen LogP contribution in [0.3, 0.4) is 0 Å². The van der Waals surface area contributed by atoms with Crippen molar-refractivity contribution < 1.29 is 19.0 Å². The van der Waals surface area contributed by atoms with Gasteiger partial charge in [-0.2, -0.15) is 0 Å². The first kappa shape index (κ1) is 19.5. The van der Waals surface area contributed by atoms with E-state index in [1.165, 1.54) is 19.5 Å². The Bertz CT molecular complexity index is 806. The van der Waals surface area contributed by atoms with Gasteiger partial charge in [0.15, 0.2) is 6.61 Å². The molecule has 27 heavy (non-hydrogen) atoms. The smallest absolute Gasteiger partial charge is 0.278 e. The number of amides is 1. The number of rotatable bonds is 6. The van der Waals surface area contributed by atoms with Gasteiger partial charge in [0.2, 0.25) is 0 Å². The van der Waals surface area contributed by atoms with Crippen molar-refractivity contribution in [3.63, 3.8) is 0 Å². The van der Waals surface area contributed by atoms with Crippen LogP contribution in [0, 0.1) is 0 Å². The Labute approximate surface area is 167 Å². The fraction of sp³-hybridized carbons (Fsp3) is 0.389. The summed E-state index contributed by atoms with van der Waals surface area (Å²) in [6, 6.07) is 4.87. The van der Waals surface area contributed by atoms with Crippen LogP contribution in [0.15, 0.2) is 30.6 Å². The molecule has 1 aliphatic heterocycles. The summed E-state index contributed by atoms with van der Waals surface area (Å²) >= 11 is 11.9. The molecule has 144 valence electrons. The Morgan fingerprint density at radius 2 is 2.04 bits per heavy atom. The monoisotopic (exact) mass is 411 g/mol. The molecule has 2 heterocycles. The third kappa shape index (κ3) is 5.14. The minimum absolute atomic E-state index is 0.109. The molecule has 0 N–H and O–H groups in total. The van der Waals surface area contributed by atoms with E-state index in [1.54, 1.807) is 23.1 Å². The number of carbonyl (C=O) groups excluding carboxylic acids is 1. The van der Waals surface area contributed by atoms with Crippen molar-refractivity contribution in [3.8, 4) is 17.5 Å². The summed E-state index contributed by atoms with van der Waals surface area (Å²) in [5, 5.41) is 0.874. The fourth-order valence-corrected chi connectivity index (χ4v) is 3.24. The number of hydrogen-bond acceptors (Lipinski definition) is 6. The average molecular weight is 412 g/mol. The van der Waals surface area contributed by atoms with Gasteiger partial charge in [0.05, 0.1) is 18.7 Å². The number of halogens is 2. The van der Waals surface area contributed by atoms with E-state index in [1.807, 2.05) is 0 Å². The molecule has 1 saturated heterocycles. The van der Waals surface area contributed by atoms with Crippen molar-refractivity contribution in [2.24, 2.45) is 0 Å². The van der Waals surface area contributed by atoms with Crippen LogP contribution >= 0.6 is 23.2 Å². The Balaban J connectivity index is 1.56. The second kappa shape index (κ2) is 9.10. The van der Waals surface area contributed by atoms with Crippen molar-refractivity contribution in [2.75, 3.05) is 26.8 Å². The SMILES string of the molecule is COc1nccnc1OC1CCCN(C(=O)COc2ccc(Cl)cc2Cl)C1. The van der Waals surface area contributed by atoms with Gasteiger partial charge in [-0.1, -0.05) is 23.2 Å². The first-order chi connectivity index (χ1) is 13.1. The molecule has 0 bridgehead atoms. The van der Waals surface area contributed by atoms with Gasteiger partial charge in [-0.25, -0.2) is 9.97 Å². The lowest BCUT2D eigenvalue weighted by molar-refractivity contribution is -0.136. The van der Waals surface area contributed by atoms with Crippen LogP contribution < -0.4 is 14.2 Å². The molecule has 1 unspecified atom stereocenters. The highest BCUT2D eigenvalue weighted by Crippen LogP contribution is 2.28. The molecule has 0 saturated carbocycles. The van der Waals surface area contributed by atoms with Gasteiger partial charge in [-0.15, -0.1) is 0 Å². The minimum atomic E-state index is -0.188. The first-order valence-electron chi connectivity index (χ1n) is 8.44. The largest absolute Gasteiger partial charge is 0.482 e. The first-order valence-corrected chi connectivity index (χ1v) is 9.19. The second-order valence-electron chi connectivity index (χ2n) is 5.96. The van der Waals surface area contributed by atoms with Crippen molar-refractivity contribution in [1.29, 1.82) is 0 Å². The maximum atomic E-state index is 12.5. The van der Waals surface area contributed by atoms with E-state index >= 15 is 0 Å². The van der Waals surface area contributed by atoms with Crippen LogP contribution in [0.25, 0.3) is 0 Å². The maximum absolute atomic E-state index is 12.5. The van der Waals surface area contributed by atoms with E-state index in [0.717, 1.165) is 12.8 Å². The van der Waals surface area contributed by atoms with Gasteiger partial charge in [-0.3, -0.25) is 4.79 Å². The van der Waals surface area contributed by atoms with Crippen LogP contribution in [0.1, 0.15) is 12.8 Å². The third-order valence-corrected chi connectivity index (χ3v) is 4.61. The summed E-state index contributed by atoms with van der Waals surface area (Å²) in [5.74, 6) is 0.925. The molecule has 9 heteroatoms. The topological polar surface area (TPSA) is 73.8 Å². The predicted molar refractivity (Wildman–Crippen MR) is 101 cm³/mol. The number of hydrogen-bond donors (Lipinski definition) is 0. The normalized spacial score (nSPS) is 16.7. The number of ether oxygens (including phenoxy) is 3. The zero-order chi connectivity index (χ0) is 19.2. The summed E-state index contributed by atoms with van der Waals surface area (Å²) < 4.78 is 16.6. The third-order valence-electron chi connectivity index (χ3n) is 4.08. The lowest BCUT2D eigenvalue weighted by Gasteiger charge is -2.32. The molecule has 3 rings (SSSR count). The molecule has 1 amide bonds. The number of benzene rings is 1. The highest BCUT2D eigenvalue weighted by Gasteiger charge is 2.26. The van der Waals surface area contributed by atoms with Crippen molar-refractivity contribution >= 4 is 29.1 Å². The van der Waals surface area contributed by atoms with Crippen molar-refractivity contribution in [1.82, 2.24) is 14.9 Å². The van der Waals surface area contributed by atoms with Crippen LogP contribution in [0.5, 0.6) is 17.5 Å². The number of likely N-dealkylation sites (tertiary alicyclic amines) is 1. The van der Waals surface area contributed by atoms with E-state index in [-0.39, 0.29) is 18.6 Å². The number of carbonyl (C=O) groups is 1. The summed E-state index contributed by atoms with van der Waals surface area (Å²) in [7, 11) is 1.51. The van der Waals surface area contributed by atoms with E-state index in [4.69, 9.17) is 37.4 Å². The van der Waals surface area contributed by atoms with Crippen LogP contribution in [-0.4, -0.2) is 53.7 Å². The highest BCUT2D eigenvalue weighted by atomic mass is 35.5. The summed E-state index contributed by atoms with van der Waals surface area (Å²) in [6.07, 6.45) is 4.51. The second-order valence-corrected chi connectivity index (χ2v) is 6.80. The Morgan fingerprint density at radius 3 is 2.78 bits per heavy atom. The van der Waals surface area contributed by atoms with Gasteiger partial charge in [0.25, 0.3) is 17.7 Å². The standard InChI is InChI=1S/C18H19Cl2N3O4/c1-25-17-18(22-7-6-21-17)27-13-3-2-8-23(10-13)16(24)11-26-15-5-4-12(19)9-14(15)20/h4-7,9,13H,2-3,8,10-11H2,1H3. The van der Waals surface area contributed by atoms with Gasteiger partial charge in [0, 0.05) is 24.0 Å². The van der Waals surface area contributed by atoms with E-state index in [2.05, 4.69) is 9.97 Å². The molecule has 1 aliphatic rings. The predicted octanol–water partition coefficient (Wildman–Crippen LogP) is 3.24. The van der Waals surface area contributed by atoms with Crippen LogP contribution in [0.4, 0.5) is 0 Å². The number of piperidine rings is 1. The summed E-state index contributed by atoms with van der Waals surface area (Å²) in [4.78, 5) is 22.4. The van der Waals surface area contributed by atoms with Crippen LogP contribution in [0.2, 0.25) is 10.0 Å². The Hall–Kier alpha value is -2.25. The molecule has 0 aliphatic carbocycles. The van der Waals surface area contributed by atoms with E-state index in [0.29, 0.717) is 40.6 Å². The molecule has 2 aromatic rings. The van der Waals surface area contributed by atoms with Gasteiger partial charge < -0.3 is 19.1 Å². The van der Waals surface area contributed by atoms with E-state index < -0.39 is 0 Å². The molecular formula is C18H19Cl2N3O4. The highest BCUT2D eigenvalue weighted by molar-refractivity contribution is 6.35. The number of aromatic nitrogens is 2. The molecular weight excluding hydrogens is 393 g/mol. The van der Waals surface area contributed by atoms with Gasteiger partial charge >= 0.3 is 0 Å². The molecule has 7 nitrogen and oxygen atoms in total. The molecule has 0 spiro atoms. The number of methoxy groups -OCH3 is 1. The molecule has 1 fully saturated rings. The molecule has 1 aromatic heterocycles. The number of nitrogens with zero attached hydrogens (tertiary/aromatic N) is 3. The summed E-state index contributed by atoms with van der Waals surface area (Å²) in [5.41, 5.74) is 0. The summed E-state index contributed by atoms with van der Waals surface area (Å²) in [6.45, 7) is 0.979. The molecule has 0 radical (unpaired) electrons. The lowest BCUT2D eigenvalue weighted by atomic mass is 10.1. The molecule has 1 atom stereocenters. The van der Waals surface area contributed by atoms with Crippen LogP contribution in [-0.2, 0) is 4.79 Å². The van der Waals surface area contributed by atoms with Crippen molar-refractivity contribution in [2.45, 2.75) is 18.9 Å². The Morgan fingerprint density at radius 1 is 1.26 bits per heavy atom. The quantitative estimate of drug-likeness (QED) is 0.726. The molecule has 1 aromatic carbocycles. The van der Waals surface area contributed by atoms with Gasteiger partial charge in [0.1, 0.15) is 11.9 Å². The minimum Gasteiger partial charge on any atom is -0.482 e. The van der Waals surface area contributed by atoms with Gasteiger partial charge in [-0.05, 0) is 31.0 Å². The Kier molecular flexibility index (Phi) is 6.58. The zero-order valence-corrected chi connectivity index (χ0v) is 16.2.